The van der Waals surface area contributed by atoms with Crippen molar-refractivity contribution in [3.63, 3.8) is 0 Å². The molecule has 7 nitrogen and oxygen atoms in total. The molecule has 0 aliphatic carbocycles. The zero-order valence-electron chi connectivity index (χ0n) is 16.0. The summed E-state index contributed by atoms with van der Waals surface area (Å²) in [6.45, 7) is 7.81. The number of hydrogen-bond donors (Lipinski definition) is 2. The van der Waals surface area contributed by atoms with Crippen molar-refractivity contribution < 1.29 is 4.79 Å². The molecule has 0 fully saturated rings. The first kappa shape index (κ1) is 19.7. The number of benzene rings is 1. The minimum Gasteiger partial charge on any atom is -0.372 e. The quantitative estimate of drug-likeness (QED) is 0.719. The molecular weight excluding hydrogens is 328 g/mol. The summed E-state index contributed by atoms with van der Waals surface area (Å²) in [4.78, 5) is 16.6. The molecule has 0 bridgehead atoms. The SMILES string of the molecule is CCN(CC)c1ccc(NC(=O)c2ccc(NCCN(C)C)nn2)cc1. The van der Waals surface area contributed by atoms with E-state index < -0.39 is 0 Å². The lowest BCUT2D eigenvalue weighted by molar-refractivity contribution is 0.102. The molecule has 1 aromatic heterocycles. The predicted octanol–water partition coefficient (Wildman–Crippen LogP) is 2.55. The van der Waals surface area contributed by atoms with E-state index in [0.717, 1.165) is 37.6 Å². The summed E-state index contributed by atoms with van der Waals surface area (Å²) in [5.41, 5.74) is 2.16. The smallest absolute Gasteiger partial charge is 0.276 e. The lowest BCUT2D eigenvalue weighted by Crippen LogP contribution is -2.22. The van der Waals surface area contributed by atoms with Crippen LogP contribution in [-0.2, 0) is 0 Å². The van der Waals surface area contributed by atoms with E-state index in [1.165, 1.54) is 0 Å². The Morgan fingerprint density at radius 2 is 1.69 bits per heavy atom. The van der Waals surface area contributed by atoms with E-state index in [0.29, 0.717) is 5.82 Å². The third kappa shape index (κ3) is 5.70. The Hall–Kier alpha value is -2.67. The molecule has 0 unspecified atom stereocenters. The molecule has 2 N–H and O–H groups in total. The fraction of sp³-hybridized carbons (Fsp3) is 0.421. The molecule has 0 atom stereocenters. The molecule has 0 radical (unpaired) electrons. The summed E-state index contributed by atoms with van der Waals surface area (Å²) in [5, 5.41) is 14.1. The maximum absolute atomic E-state index is 12.3. The number of amides is 1. The second-order valence-electron chi connectivity index (χ2n) is 6.21. The van der Waals surface area contributed by atoms with Crippen LogP contribution in [0.1, 0.15) is 24.3 Å². The topological polar surface area (TPSA) is 73.4 Å². The molecule has 7 heteroatoms. The van der Waals surface area contributed by atoms with E-state index in [-0.39, 0.29) is 11.6 Å². The number of rotatable bonds is 9. The van der Waals surface area contributed by atoms with Gasteiger partial charge in [0.05, 0.1) is 0 Å². The first-order valence-corrected chi connectivity index (χ1v) is 8.92. The van der Waals surface area contributed by atoms with Crippen LogP contribution in [-0.4, -0.2) is 61.3 Å². The first-order chi connectivity index (χ1) is 12.5. The van der Waals surface area contributed by atoms with Crippen LogP contribution < -0.4 is 15.5 Å². The average molecular weight is 356 g/mol. The normalized spacial score (nSPS) is 10.7. The van der Waals surface area contributed by atoms with Crippen LogP contribution >= 0.6 is 0 Å². The zero-order chi connectivity index (χ0) is 18.9. The Kier molecular flexibility index (Phi) is 7.35. The molecule has 140 valence electrons. The van der Waals surface area contributed by atoms with E-state index in [1.807, 2.05) is 38.4 Å². The number of nitrogens with one attached hydrogen (secondary N) is 2. The maximum Gasteiger partial charge on any atom is 0.276 e. The molecule has 2 rings (SSSR count). The summed E-state index contributed by atoms with van der Waals surface area (Å²) in [7, 11) is 4.02. The Balaban J connectivity index is 1.92. The van der Waals surface area contributed by atoms with Gasteiger partial charge in [-0.1, -0.05) is 0 Å². The second kappa shape index (κ2) is 9.72. The minimum absolute atomic E-state index is 0.270. The number of nitrogens with zero attached hydrogens (tertiary/aromatic N) is 4. The minimum atomic E-state index is -0.270. The van der Waals surface area contributed by atoms with Gasteiger partial charge in [-0.05, 0) is 64.3 Å². The summed E-state index contributed by atoms with van der Waals surface area (Å²) >= 11 is 0. The van der Waals surface area contributed by atoms with Gasteiger partial charge in [-0.3, -0.25) is 4.79 Å². The Labute approximate surface area is 155 Å². The second-order valence-corrected chi connectivity index (χ2v) is 6.21. The van der Waals surface area contributed by atoms with E-state index >= 15 is 0 Å². The van der Waals surface area contributed by atoms with E-state index in [9.17, 15) is 4.79 Å². The molecule has 26 heavy (non-hydrogen) atoms. The average Bonchev–Trinajstić information content (AvgIpc) is 2.64. The Bertz CT molecular complexity index is 680. The standard InChI is InChI=1S/C19H28N6O/c1-5-25(6-2)16-9-7-15(8-10-16)21-19(26)17-11-12-18(23-22-17)20-13-14-24(3)4/h7-12H,5-6,13-14H2,1-4H3,(H,20,23)(H,21,26). The van der Waals surface area contributed by atoms with Crippen LogP contribution in [0.25, 0.3) is 0 Å². The number of carbonyl (C=O) groups is 1. The van der Waals surface area contributed by atoms with Crippen LogP contribution in [0.2, 0.25) is 0 Å². The van der Waals surface area contributed by atoms with Gasteiger partial charge in [0, 0.05) is 37.6 Å². The van der Waals surface area contributed by atoms with Gasteiger partial charge in [-0.2, -0.15) is 0 Å². The van der Waals surface area contributed by atoms with Gasteiger partial charge >= 0.3 is 0 Å². The highest BCUT2D eigenvalue weighted by molar-refractivity contribution is 6.02. The van der Waals surface area contributed by atoms with Gasteiger partial charge in [0.2, 0.25) is 0 Å². The molecular formula is C19H28N6O. The number of anilines is 3. The highest BCUT2D eigenvalue weighted by Gasteiger charge is 2.09. The summed E-state index contributed by atoms with van der Waals surface area (Å²) in [5.74, 6) is 0.389. The lowest BCUT2D eigenvalue weighted by Gasteiger charge is -2.21. The lowest BCUT2D eigenvalue weighted by atomic mass is 10.2. The fourth-order valence-electron chi connectivity index (χ4n) is 2.49. The highest BCUT2D eigenvalue weighted by Crippen LogP contribution is 2.18. The van der Waals surface area contributed by atoms with Crippen molar-refractivity contribution in [1.82, 2.24) is 15.1 Å². The summed E-state index contributed by atoms with van der Waals surface area (Å²) < 4.78 is 0. The van der Waals surface area contributed by atoms with Gasteiger partial charge in [-0.25, -0.2) is 0 Å². The molecule has 0 spiro atoms. The van der Waals surface area contributed by atoms with Crippen LogP contribution in [0.15, 0.2) is 36.4 Å². The van der Waals surface area contributed by atoms with Crippen molar-refractivity contribution in [2.45, 2.75) is 13.8 Å². The van der Waals surface area contributed by atoms with Crippen LogP contribution in [0.3, 0.4) is 0 Å². The monoisotopic (exact) mass is 356 g/mol. The van der Waals surface area contributed by atoms with E-state index in [2.05, 4.69) is 44.5 Å². The van der Waals surface area contributed by atoms with Crippen molar-refractivity contribution in [3.8, 4) is 0 Å². The van der Waals surface area contributed by atoms with Gasteiger partial charge < -0.3 is 20.4 Å². The number of hydrogen-bond acceptors (Lipinski definition) is 6. The van der Waals surface area contributed by atoms with Crippen molar-refractivity contribution in [2.24, 2.45) is 0 Å². The van der Waals surface area contributed by atoms with Crippen LogP contribution in [0, 0.1) is 0 Å². The van der Waals surface area contributed by atoms with Crippen molar-refractivity contribution >= 4 is 23.1 Å². The van der Waals surface area contributed by atoms with E-state index in [1.54, 1.807) is 12.1 Å². The highest BCUT2D eigenvalue weighted by atomic mass is 16.1. The fourth-order valence-corrected chi connectivity index (χ4v) is 2.49. The molecule has 1 heterocycles. The van der Waals surface area contributed by atoms with Crippen molar-refractivity contribution in [3.05, 3.63) is 42.1 Å². The molecule has 0 saturated carbocycles. The first-order valence-electron chi connectivity index (χ1n) is 8.92. The molecule has 0 aliphatic heterocycles. The molecule has 1 amide bonds. The zero-order valence-corrected chi connectivity index (χ0v) is 16.0. The predicted molar refractivity (Wildman–Crippen MR) is 107 cm³/mol. The molecule has 0 aliphatic rings. The van der Waals surface area contributed by atoms with Crippen LogP contribution in [0.4, 0.5) is 17.2 Å². The largest absolute Gasteiger partial charge is 0.372 e. The van der Waals surface area contributed by atoms with Gasteiger partial charge in [0.1, 0.15) is 5.82 Å². The Morgan fingerprint density at radius 3 is 2.23 bits per heavy atom. The van der Waals surface area contributed by atoms with Crippen molar-refractivity contribution in [2.75, 3.05) is 55.8 Å². The molecule has 0 saturated heterocycles. The third-order valence-electron chi connectivity index (χ3n) is 4.02. The van der Waals surface area contributed by atoms with E-state index in [4.69, 9.17) is 0 Å². The number of aromatic nitrogens is 2. The number of carbonyl (C=O) groups excluding carboxylic acids is 1. The third-order valence-corrected chi connectivity index (χ3v) is 4.02. The number of likely N-dealkylation sites (N-methyl/N-ethyl adjacent to an activating group) is 1. The Morgan fingerprint density at radius 1 is 1.00 bits per heavy atom. The van der Waals surface area contributed by atoms with Gasteiger partial charge in [0.15, 0.2) is 5.69 Å². The van der Waals surface area contributed by atoms with Crippen LogP contribution in [0.5, 0.6) is 0 Å². The molecule has 1 aromatic carbocycles. The van der Waals surface area contributed by atoms with Gasteiger partial charge in [0.25, 0.3) is 5.91 Å². The van der Waals surface area contributed by atoms with Crippen molar-refractivity contribution in [1.29, 1.82) is 0 Å². The molecule has 2 aromatic rings. The summed E-state index contributed by atoms with van der Waals surface area (Å²) in [6, 6.07) is 11.2. The maximum atomic E-state index is 12.3. The van der Waals surface area contributed by atoms with Gasteiger partial charge in [-0.15, -0.1) is 10.2 Å². The summed E-state index contributed by atoms with van der Waals surface area (Å²) in [6.07, 6.45) is 0.